The van der Waals surface area contributed by atoms with Gasteiger partial charge in [0.25, 0.3) is 0 Å². The highest BCUT2D eigenvalue weighted by Crippen LogP contribution is 2.34. The average molecular weight is 365 g/mol. The Morgan fingerprint density at radius 2 is 2.12 bits per heavy atom. The molecular weight excluding hydrogens is 349 g/mol. The van der Waals surface area contributed by atoms with Crippen LogP contribution < -0.4 is 0 Å². The summed E-state index contributed by atoms with van der Waals surface area (Å²) in [6, 6.07) is 2.12. The predicted octanol–water partition coefficient (Wildman–Crippen LogP) is 3.64. The summed E-state index contributed by atoms with van der Waals surface area (Å²) in [7, 11) is 0. The van der Waals surface area contributed by atoms with Crippen molar-refractivity contribution < 1.29 is 9.90 Å². The van der Waals surface area contributed by atoms with Crippen LogP contribution in [0.2, 0.25) is 0 Å². The lowest BCUT2D eigenvalue weighted by molar-refractivity contribution is 0.0681. The van der Waals surface area contributed by atoms with E-state index >= 15 is 0 Å². The molecule has 94 valence electrons. The molecule has 0 atom stereocenters. The van der Waals surface area contributed by atoms with E-state index in [1.165, 1.54) is 12.8 Å². The van der Waals surface area contributed by atoms with Crippen LogP contribution in [0.1, 0.15) is 42.2 Å². The van der Waals surface area contributed by atoms with Crippen molar-refractivity contribution >= 4 is 40.3 Å². The molecule has 2 rings (SSSR count). The fourth-order valence-corrected chi connectivity index (χ4v) is 3.82. The molecule has 1 aromatic rings. The summed E-state index contributed by atoms with van der Waals surface area (Å²) in [5.74, 6) is -0.820. The van der Waals surface area contributed by atoms with Crippen molar-refractivity contribution in [3.8, 4) is 0 Å². The van der Waals surface area contributed by atoms with Gasteiger partial charge in [-0.15, -0.1) is 0 Å². The van der Waals surface area contributed by atoms with E-state index in [1.54, 1.807) is 6.07 Å². The molecule has 1 fully saturated rings. The summed E-state index contributed by atoms with van der Waals surface area (Å²) in [4.78, 5) is 11.2. The van der Waals surface area contributed by atoms with E-state index in [0.29, 0.717) is 11.7 Å². The van der Waals surface area contributed by atoms with Crippen molar-refractivity contribution in [2.24, 2.45) is 0 Å². The number of thioether (sulfide) groups is 1. The Hall–Kier alpha value is -0.170. The van der Waals surface area contributed by atoms with Gasteiger partial charge in [-0.25, -0.2) is 4.79 Å². The van der Waals surface area contributed by atoms with Crippen LogP contribution in [-0.4, -0.2) is 27.1 Å². The van der Waals surface area contributed by atoms with Gasteiger partial charge in [0.05, 0.1) is 0 Å². The highest BCUT2D eigenvalue weighted by Gasteiger charge is 2.24. The van der Waals surface area contributed by atoms with Gasteiger partial charge in [-0.2, -0.15) is 11.8 Å². The second-order valence-electron chi connectivity index (χ2n) is 4.42. The number of aromatic carboxylic acids is 1. The first-order valence-electron chi connectivity index (χ1n) is 5.75. The van der Waals surface area contributed by atoms with Gasteiger partial charge in [0.2, 0.25) is 0 Å². The number of hydrogen-bond acceptors (Lipinski definition) is 2. The van der Waals surface area contributed by atoms with Crippen molar-refractivity contribution in [2.45, 2.75) is 37.0 Å². The van der Waals surface area contributed by atoms with Crippen LogP contribution in [0, 0.1) is 3.57 Å². The summed E-state index contributed by atoms with van der Waals surface area (Å²) >= 11 is 4.11. The fourth-order valence-electron chi connectivity index (χ4n) is 2.48. The lowest BCUT2D eigenvalue weighted by Gasteiger charge is -2.29. The molecule has 0 radical (unpaired) electrons. The number of hydrogen-bond donors (Lipinski definition) is 1. The van der Waals surface area contributed by atoms with Crippen molar-refractivity contribution in [2.75, 3.05) is 6.26 Å². The molecule has 0 amide bonds. The molecule has 3 nitrogen and oxygen atoms in total. The lowest BCUT2D eigenvalue weighted by Crippen LogP contribution is -2.21. The van der Waals surface area contributed by atoms with Gasteiger partial charge < -0.3 is 9.67 Å². The molecule has 17 heavy (non-hydrogen) atoms. The van der Waals surface area contributed by atoms with Crippen LogP contribution in [-0.2, 0) is 0 Å². The molecular formula is C12H16INO2S. The van der Waals surface area contributed by atoms with E-state index in [4.69, 9.17) is 0 Å². The summed E-state index contributed by atoms with van der Waals surface area (Å²) in [5.41, 5.74) is 0.432. The first-order chi connectivity index (χ1) is 8.11. The third kappa shape index (κ3) is 2.99. The third-order valence-corrected chi connectivity index (χ3v) is 5.13. The minimum absolute atomic E-state index is 0.369. The maximum atomic E-state index is 11.2. The number of aromatic nitrogens is 1. The van der Waals surface area contributed by atoms with E-state index in [2.05, 4.69) is 28.8 Å². The molecule has 0 aromatic carbocycles. The van der Waals surface area contributed by atoms with E-state index in [-0.39, 0.29) is 0 Å². The van der Waals surface area contributed by atoms with Gasteiger partial charge in [0.15, 0.2) is 0 Å². The van der Waals surface area contributed by atoms with Gasteiger partial charge in [-0.1, -0.05) is 0 Å². The van der Waals surface area contributed by atoms with Gasteiger partial charge in [-0.05, 0) is 60.6 Å². The highest BCUT2D eigenvalue weighted by molar-refractivity contribution is 14.1. The lowest BCUT2D eigenvalue weighted by atomic mass is 9.94. The van der Waals surface area contributed by atoms with Gasteiger partial charge in [0, 0.05) is 21.1 Å². The molecule has 0 saturated heterocycles. The molecule has 1 heterocycles. The number of halogens is 1. The summed E-state index contributed by atoms with van der Waals surface area (Å²) in [6.07, 6.45) is 8.70. The standard InChI is InChI=1S/C12H16INO2S/c1-17-10-4-2-9(3-5-10)14-7-8(13)6-11(14)12(15)16/h6-7,9-10H,2-5H2,1H3,(H,15,16). The van der Waals surface area contributed by atoms with E-state index < -0.39 is 5.97 Å². The fraction of sp³-hybridized carbons (Fsp3) is 0.583. The summed E-state index contributed by atoms with van der Waals surface area (Å²) < 4.78 is 2.97. The van der Waals surface area contributed by atoms with E-state index in [0.717, 1.165) is 21.7 Å². The zero-order chi connectivity index (χ0) is 12.4. The number of carboxylic acids is 1. The molecule has 1 aliphatic carbocycles. The van der Waals surface area contributed by atoms with Gasteiger partial charge >= 0.3 is 5.97 Å². The predicted molar refractivity (Wildman–Crippen MR) is 78.9 cm³/mol. The quantitative estimate of drug-likeness (QED) is 0.832. The Labute approximate surface area is 119 Å². The van der Waals surface area contributed by atoms with E-state index in [9.17, 15) is 9.90 Å². The van der Waals surface area contributed by atoms with Gasteiger partial charge in [0.1, 0.15) is 5.69 Å². The maximum Gasteiger partial charge on any atom is 0.352 e. The SMILES string of the molecule is CSC1CCC(n2cc(I)cc2C(=O)O)CC1. The summed E-state index contributed by atoms with van der Waals surface area (Å²) in [6.45, 7) is 0. The number of rotatable bonds is 3. The molecule has 1 N–H and O–H groups in total. The van der Waals surface area contributed by atoms with Crippen molar-refractivity contribution in [1.29, 1.82) is 0 Å². The molecule has 1 aliphatic rings. The Morgan fingerprint density at radius 3 is 2.65 bits per heavy atom. The molecule has 5 heteroatoms. The van der Waals surface area contributed by atoms with Crippen LogP contribution in [0.25, 0.3) is 0 Å². The van der Waals surface area contributed by atoms with Gasteiger partial charge in [-0.3, -0.25) is 0 Å². The minimum atomic E-state index is -0.820. The average Bonchev–Trinajstić information content (AvgIpc) is 2.72. The van der Waals surface area contributed by atoms with Crippen molar-refractivity contribution in [3.05, 3.63) is 21.5 Å². The largest absolute Gasteiger partial charge is 0.477 e. The second-order valence-corrected chi connectivity index (χ2v) is 6.81. The monoisotopic (exact) mass is 365 g/mol. The molecule has 1 saturated carbocycles. The normalized spacial score (nSPS) is 24.8. The van der Waals surface area contributed by atoms with Crippen LogP contribution in [0.3, 0.4) is 0 Å². The Morgan fingerprint density at radius 1 is 1.47 bits per heavy atom. The molecule has 1 aromatic heterocycles. The first-order valence-corrected chi connectivity index (χ1v) is 8.12. The minimum Gasteiger partial charge on any atom is -0.477 e. The molecule has 0 aliphatic heterocycles. The van der Waals surface area contributed by atoms with Crippen LogP contribution >= 0.6 is 34.4 Å². The number of carboxylic acid groups (broad SMARTS) is 1. The zero-order valence-electron chi connectivity index (χ0n) is 9.73. The third-order valence-electron chi connectivity index (χ3n) is 3.40. The number of nitrogens with zero attached hydrogens (tertiary/aromatic N) is 1. The first kappa shape index (κ1) is 13.3. The van der Waals surface area contributed by atoms with Crippen LogP contribution in [0.5, 0.6) is 0 Å². The Kier molecular flexibility index (Phi) is 4.41. The molecule has 0 bridgehead atoms. The number of carbonyl (C=O) groups is 1. The maximum absolute atomic E-state index is 11.2. The Bertz CT molecular complexity index is 411. The van der Waals surface area contributed by atoms with Crippen molar-refractivity contribution in [1.82, 2.24) is 4.57 Å². The Balaban J connectivity index is 2.15. The second kappa shape index (κ2) is 5.65. The smallest absolute Gasteiger partial charge is 0.352 e. The topological polar surface area (TPSA) is 42.2 Å². The van der Waals surface area contributed by atoms with Crippen LogP contribution in [0.15, 0.2) is 12.3 Å². The molecule has 0 unspecified atom stereocenters. The molecule has 0 spiro atoms. The zero-order valence-corrected chi connectivity index (χ0v) is 12.7. The summed E-state index contributed by atoms with van der Waals surface area (Å²) in [5, 5.41) is 9.94. The van der Waals surface area contributed by atoms with E-state index in [1.807, 2.05) is 22.5 Å². The van der Waals surface area contributed by atoms with Crippen LogP contribution in [0.4, 0.5) is 0 Å². The van der Waals surface area contributed by atoms with Crippen molar-refractivity contribution in [3.63, 3.8) is 0 Å². The highest BCUT2D eigenvalue weighted by atomic mass is 127.